The minimum absolute atomic E-state index is 0. The van der Waals surface area contributed by atoms with Crippen LogP contribution in [0.2, 0.25) is 0 Å². The molecule has 0 fully saturated rings. The summed E-state index contributed by atoms with van der Waals surface area (Å²) < 4.78 is 0. The molecule has 0 atom stereocenters. The molecule has 0 aliphatic carbocycles. The second kappa shape index (κ2) is 21.6. The summed E-state index contributed by atoms with van der Waals surface area (Å²) in [6.45, 7) is 4.24. The largest absolute Gasteiger partial charge is 0.577 e. The van der Waals surface area contributed by atoms with E-state index in [9.17, 15) is 0 Å². The van der Waals surface area contributed by atoms with Crippen LogP contribution >= 0.6 is 16.5 Å². The van der Waals surface area contributed by atoms with Gasteiger partial charge in [-0.3, -0.25) is 0 Å². The Labute approximate surface area is 233 Å². The Balaban J connectivity index is 0.000000518. The van der Waals surface area contributed by atoms with Crippen molar-refractivity contribution in [2.24, 2.45) is 0 Å². The average molecular weight is 682 g/mol. The zero-order valence-corrected chi connectivity index (χ0v) is 24.9. The van der Waals surface area contributed by atoms with E-state index in [0.29, 0.717) is 0 Å². The first-order valence-corrected chi connectivity index (χ1v) is 13.3. The first kappa shape index (κ1) is 33.4. The second-order valence-corrected chi connectivity index (χ2v) is 10.2. The third kappa shape index (κ3) is 13.4. The second-order valence-electron chi connectivity index (χ2n) is 6.92. The molecule has 5 heteroatoms. The summed E-state index contributed by atoms with van der Waals surface area (Å²) in [5.74, 6) is 0. The normalized spacial score (nSPS) is 8.83. The molecule has 0 aromatic heterocycles. The molecule has 0 N–H and O–H groups in total. The van der Waals surface area contributed by atoms with Gasteiger partial charge in [-0.1, -0.05) is 141 Å². The van der Waals surface area contributed by atoms with Gasteiger partial charge in [0.25, 0.3) is 0 Å². The summed E-state index contributed by atoms with van der Waals surface area (Å²) in [7, 11) is 0.356. The van der Waals surface area contributed by atoms with Gasteiger partial charge in [-0.15, -0.1) is 0 Å². The van der Waals surface area contributed by atoms with E-state index in [1.165, 1.54) is 21.2 Å². The summed E-state index contributed by atoms with van der Waals surface area (Å²) in [6.07, 6.45) is 0. The van der Waals surface area contributed by atoms with Gasteiger partial charge in [-0.2, -0.15) is 18.2 Å². The van der Waals surface area contributed by atoms with Crippen molar-refractivity contribution in [2.45, 2.75) is 0 Å². The zero-order valence-electron chi connectivity index (χ0n) is 20.3. The van der Waals surface area contributed by atoms with E-state index in [1.54, 1.807) is 0 Å². The van der Waals surface area contributed by atoms with E-state index < -0.39 is 7.92 Å². The van der Waals surface area contributed by atoms with Crippen molar-refractivity contribution in [1.82, 2.24) is 0 Å². The van der Waals surface area contributed by atoms with E-state index in [4.69, 9.17) is 10.5 Å². The van der Waals surface area contributed by atoms with Crippen molar-refractivity contribution in [3.8, 4) is 0 Å². The summed E-state index contributed by atoms with van der Waals surface area (Å²) in [6, 6.07) is 52.1. The molecule has 5 aromatic rings. The SMILES string of the molecule is [CH2-]P(c1ccccc1)c1ccccc1.[CH3-].[N-]=O.[Re].c1cc[cH-]c1.c1ccc(Pc2ccccc2)cc1. The fraction of sp³-hybridized carbons (Fsp3) is 0. The van der Waals surface area contributed by atoms with Crippen molar-refractivity contribution in [3.05, 3.63) is 176 Å². The molecule has 2 nitrogen and oxygen atoms in total. The van der Waals surface area contributed by atoms with E-state index in [2.05, 4.69) is 116 Å². The van der Waals surface area contributed by atoms with E-state index in [-0.39, 0.29) is 27.8 Å². The minimum atomic E-state index is -0.421. The molecule has 0 heterocycles. The van der Waals surface area contributed by atoms with Crippen molar-refractivity contribution < 1.29 is 20.4 Å². The van der Waals surface area contributed by atoms with Crippen LogP contribution in [0.5, 0.6) is 0 Å². The van der Waals surface area contributed by atoms with Gasteiger partial charge in [0, 0.05) is 20.4 Å². The predicted octanol–water partition coefficient (Wildman–Crippen LogP) is 7.40. The van der Waals surface area contributed by atoms with Crippen LogP contribution in [0.1, 0.15) is 0 Å². The molecule has 0 unspecified atom stereocenters. The molecule has 5 aromatic carbocycles. The van der Waals surface area contributed by atoms with Gasteiger partial charge >= 0.3 is 0 Å². The molecule has 5 rings (SSSR count). The molecule has 187 valence electrons. The maximum absolute atomic E-state index is 7.25. The molecular weight excluding hydrogens is 651 g/mol. The fourth-order valence-corrected chi connectivity index (χ4v) is 5.31. The van der Waals surface area contributed by atoms with Crippen molar-refractivity contribution in [1.29, 1.82) is 0 Å². The molecule has 0 amide bonds. The van der Waals surface area contributed by atoms with Gasteiger partial charge in [0.2, 0.25) is 0 Å². The smallest absolute Gasteiger partial charge is 0 e. The Kier molecular flexibility index (Phi) is 20.0. The van der Waals surface area contributed by atoms with Crippen molar-refractivity contribution >= 4 is 37.7 Å². The summed E-state index contributed by atoms with van der Waals surface area (Å²) in [5, 5.41) is 5.45. The molecule has 0 spiro atoms. The van der Waals surface area contributed by atoms with E-state index in [0.717, 1.165) is 8.58 Å². The number of nitroso groups, excluding NO2 is 1. The zero-order chi connectivity index (χ0) is 24.3. The molecular formula is C31H31NOP2Re-4. The average Bonchev–Trinajstić information content (AvgIpc) is 3.53. The van der Waals surface area contributed by atoms with Gasteiger partial charge in [0.05, 0.1) is 0 Å². The van der Waals surface area contributed by atoms with Gasteiger partial charge in [-0.05, 0) is 10.6 Å². The topological polar surface area (TPSA) is 39.4 Å². The Morgan fingerprint density at radius 1 is 0.556 bits per heavy atom. The summed E-state index contributed by atoms with van der Waals surface area (Å²) in [4.78, 5) is 7.25. The van der Waals surface area contributed by atoms with Crippen molar-refractivity contribution in [2.75, 3.05) is 0 Å². The van der Waals surface area contributed by atoms with Gasteiger partial charge in [0.15, 0.2) is 0 Å². The van der Waals surface area contributed by atoms with Crippen LogP contribution < -0.4 is 21.2 Å². The van der Waals surface area contributed by atoms with Crippen LogP contribution in [-0.4, -0.2) is 0 Å². The monoisotopic (exact) mass is 682 g/mol. The Hall–Kier alpha value is -2.65. The molecule has 0 saturated carbocycles. The molecule has 36 heavy (non-hydrogen) atoms. The van der Waals surface area contributed by atoms with E-state index in [1.807, 2.05) is 42.5 Å². The van der Waals surface area contributed by atoms with Crippen LogP contribution in [0.15, 0.2) is 152 Å². The number of nitrogens with zero attached hydrogens (tertiary/aromatic N) is 1. The van der Waals surface area contributed by atoms with Crippen LogP contribution in [0.3, 0.4) is 0 Å². The van der Waals surface area contributed by atoms with Gasteiger partial charge in [-0.25, -0.2) is 20.1 Å². The van der Waals surface area contributed by atoms with Gasteiger partial charge < -0.3 is 24.6 Å². The number of hydrogen-bond donors (Lipinski definition) is 0. The standard InChI is InChI=1S/C13H12P.C12H11P.C5H5.CH3.NO.Re/c1-14(12-8-4-2-5-9-12)13-10-6-3-7-11-13;1-3-7-11(8-4-1)13-12-9-5-2-6-10-12;1-2-4-5-3-1;;1-2;/h2-11H,1H2;1-10,13H;1-5H;1H3;;/q-1;;3*-1;. The van der Waals surface area contributed by atoms with Crippen molar-refractivity contribution in [3.63, 3.8) is 0 Å². The molecule has 1 radical (unpaired) electrons. The third-order valence-corrected chi connectivity index (χ3v) is 7.61. The van der Waals surface area contributed by atoms with Crippen LogP contribution in [-0.2, 0) is 20.4 Å². The third-order valence-electron chi connectivity index (χ3n) is 4.53. The Morgan fingerprint density at radius 2 is 0.861 bits per heavy atom. The maximum Gasteiger partial charge on any atom is 0 e. The summed E-state index contributed by atoms with van der Waals surface area (Å²) >= 11 is 0. The number of benzene rings is 4. The minimum Gasteiger partial charge on any atom is -0.577 e. The predicted molar refractivity (Wildman–Crippen MR) is 160 cm³/mol. The molecule has 0 bridgehead atoms. The quantitative estimate of drug-likeness (QED) is 0.144. The summed E-state index contributed by atoms with van der Waals surface area (Å²) in [5.41, 5.74) is 5.75. The Morgan fingerprint density at radius 3 is 1.14 bits per heavy atom. The molecule has 0 saturated heterocycles. The van der Waals surface area contributed by atoms with Gasteiger partial charge in [0.1, 0.15) is 0 Å². The number of hydrogen-bond acceptors (Lipinski definition) is 1. The molecule has 0 aliphatic heterocycles. The van der Waals surface area contributed by atoms with E-state index >= 15 is 0 Å². The van der Waals surface area contributed by atoms with Crippen LogP contribution in [0, 0.1) is 19.0 Å². The first-order valence-electron chi connectivity index (χ1n) is 10.8. The fourth-order valence-electron chi connectivity index (χ4n) is 2.90. The maximum atomic E-state index is 7.25. The molecule has 0 aliphatic rings. The number of rotatable bonds is 4. The first-order chi connectivity index (χ1) is 16.8. The Bertz CT molecular complexity index is 1020. The van der Waals surface area contributed by atoms with Crippen LogP contribution in [0.4, 0.5) is 0 Å². The van der Waals surface area contributed by atoms with Crippen LogP contribution in [0.25, 0.3) is 5.59 Å².